The Bertz CT molecular complexity index is 756. The Kier molecular flexibility index (Phi) is 5.50. The number of rotatable bonds is 5. The molecule has 0 saturated heterocycles. The first-order valence-corrected chi connectivity index (χ1v) is 9.21. The predicted octanol–water partition coefficient (Wildman–Crippen LogP) is 4.92. The van der Waals surface area contributed by atoms with Crippen molar-refractivity contribution in [2.45, 2.75) is 39.7 Å². The second-order valence-corrected chi connectivity index (χ2v) is 6.93. The van der Waals surface area contributed by atoms with Gasteiger partial charge in [-0.15, -0.1) is 0 Å². The highest BCUT2D eigenvalue weighted by molar-refractivity contribution is 5.99. The summed E-state index contributed by atoms with van der Waals surface area (Å²) < 4.78 is 0. The smallest absolute Gasteiger partial charge is 0.179 e. The number of benzene rings is 2. The maximum atomic E-state index is 12.8. The summed E-state index contributed by atoms with van der Waals surface area (Å²) in [6, 6.07) is 16.7. The molecule has 3 rings (SSSR count). The molecule has 2 aromatic carbocycles. The number of Topliss-reactive ketones (excluding diaryl/α,β-unsaturated/α-hetero) is 1. The Hall–Kier alpha value is -2.19. The van der Waals surface area contributed by atoms with Crippen LogP contribution in [-0.2, 0) is 6.42 Å². The first kappa shape index (κ1) is 17.6. The van der Waals surface area contributed by atoms with Crippen LogP contribution >= 0.6 is 0 Å². The highest BCUT2D eigenvalue weighted by Crippen LogP contribution is 2.24. The molecule has 1 aliphatic rings. The normalized spacial score (nSPS) is 16.4. The van der Waals surface area contributed by atoms with Gasteiger partial charge in [0.1, 0.15) is 0 Å². The molecule has 0 aromatic heterocycles. The maximum Gasteiger partial charge on any atom is 0.179 e. The molecule has 0 amide bonds. The van der Waals surface area contributed by atoms with Gasteiger partial charge in [-0.3, -0.25) is 9.69 Å². The Morgan fingerprint density at radius 1 is 1.08 bits per heavy atom. The minimum absolute atomic E-state index is 0.0803. The molecule has 0 N–H and O–H groups in total. The third-order valence-electron chi connectivity index (χ3n) is 5.24. The molecule has 2 aromatic rings. The fraction of sp³-hybridized carbons (Fsp3) is 0.348. The summed E-state index contributed by atoms with van der Waals surface area (Å²) in [4.78, 5) is 15.0. The van der Waals surface area contributed by atoms with Gasteiger partial charge in [0, 0.05) is 18.7 Å². The number of nitrogens with zero attached hydrogens (tertiary/aromatic N) is 1. The number of aryl methyl sites for hydroxylation is 2. The lowest BCUT2D eigenvalue weighted by molar-refractivity contribution is 0.0851. The van der Waals surface area contributed by atoms with E-state index in [1.54, 1.807) is 0 Å². The zero-order valence-electron chi connectivity index (χ0n) is 15.5. The van der Waals surface area contributed by atoms with Crippen molar-refractivity contribution in [2.75, 3.05) is 13.1 Å². The molecule has 2 heteroatoms. The maximum absolute atomic E-state index is 12.8. The molecule has 1 heterocycles. The van der Waals surface area contributed by atoms with Crippen molar-refractivity contribution in [3.05, 3.63) is 76.9 Å². The van der Waals surface area contributed by atoms with E-state index in [-0.39, 0.29) is 11.8 Å². The topological polar surface area (TPSA) is 20.3 Å². The minimum atomic E-state index is -0.0803. The standard InChI is InChI=1S/C23H27NO/c1-4-19-7-11-22(12-8-19)23(25)18(3)24-15-13-21(14-16-24)20-9-5-17(2)6-10-20/h5-13,18H,4,14-16H2,1-3H3. The van der Waals surface area contributed by atoms with Crippen LogP contribution in [0.15, 0.2) is 54.6 Å². The molecule has 25 heavy (non-hydrogen) atoms. The summed E-state index contributed by atoms with van der Waals surface area (Å²) in [5.74, 6) is 0.217. The molecular weight excluding hydrogens is 306 g/mol. The van der Waals surface area contributed by atoms with E-state index in [4.69, 9.17) is 0 Å². The van der Waals surface area contributed by atoms with Crippen molar-refractivity contribution in [1.29, 1.82) is 0 Å². The summed E-state index contributed by atoms with van der Waals surface area (Å²) in [5.41, 5.74) is 6.07. The fourth-order valence-electron chi connectivity index (χ4n) is 3.38. The van der Waals surface area contributed by atoms with E-state index < -0.39 is 0 Å². The summed E-state index contributed by atoms with van der Waals surface area (Å²) in [6.45, 7) is 8.04. The predicted molar refractivity (Wildman–Crippen MR) is 105 cm³/mol. The van der Waals surface area contributed by atoms with Crippen molar-refractivity contribution in [1.82, 2.24) is 4.90 Å². The van der Waals surface area contributed by atoms with Crippen LogP contribution in [0.5, 0.6) is 0 Å². The molecule has 0 fully saturated rings. The quantitative estimate of drug-likeness (QED) is 0.724. The Labute approximate surface area is 151 Å². The number of hydrogen-bond acceptors (Lipinski definition) is 2. The Morgan fingerprint density at radius 2 is 1.76 bits per heavy atom. The molecule has 1 atom stereocenters. The summed E-state index contributed by atoms with van der Waals surface area (Å²) in [5, 5.41) is 0. The molecule has 1 unspecified atom stereocenters. The van der Waals surface area contributed by atoms with E-state index in [9.17, 15) is 4.79 Å². The van der Waals surface area contributed by atoms with Crippen LogP contribution < -0.4 is 0 Å². The van der Waals surface area contributed by atoms with Gasteiger partial charge >= 0.3 is 0 Å². The second-order valence-electron chi connectivity index (χ2n) is 6.93. The van der Waals surface area contributed by atoms with Crippen molar-refractivity contribution < 1.29 is 4.79 Å². The first-order chi connectivity index (χ1) is 12.1. The zero-order valence-corrected chi connectivity index (χ0v) is 15.5. The number of carbonyl (C=O) groups excluding carboxylic acids is 1. The molecule has 0 spiro atoms. The molecule has 0 aliphatic carbocycles. The number of carbonyl (C=O) groups is 1. The first-order valence-electron chi connectivity index (χ1n) is 9.21. The lowest BCUT2D eigenvalue weighted by Gasteiger charge is -2.31. The van der Waals surface area contributed by atoms with Gasteiger partial charge in [-0.1, -0.05) is 67.1 Å². The van der Waals surface area contributed by atoms with Crippen LogP contribution in [-0.4, -0.2) is 29.8 Å². The highest BCUT2D eigenvalue weighted by atomic mass is 16.1. The van der Waals surface area contributed by atoms with Crippen LogP contribution in [0, 0.1) is 6.92 Å². The average molecular weight is 333 g/mol. The van der Waals surface area contributed by atoms with Crippen molar-refractivity contribution in [3.8, 4) is 0 Å². The van der Waals surface area contributed by atoms with E-state index >= 15 is 0 Å². The van der Waals surface area contributed by atoms with Crippen LogP contribution in [0.25, 0.3) is 5.57 Å². The lowest BCUT2D eigenvalue weighted by Crippen LogP contribution is -2.41. The minimum Gasteiger partial charge on any atom is -0.292 e. The average Bonchev–Trinajstić information content (AvgIpc) is 2.67. The lowest BCUT2D eigenvalue weighted by atomic mass is 9.96. The van der Waals surface area contributed by atoms with Crippen molar-refractivity contribution >= 4 is 11.4 Å². The van der Waals surface area contributed by atoms with Gasteiger partial charge in [0.2, 0.25) is 0 Å². The molecule has 1 aliphatic heterocycles. The Balaban J connectivity index is 1.66. The van der Waals surface area contributed by atoms with Gasteiger partial charge in [-0.25, -0.2) is 0 Å². The van der Waals surface area contributed by atoms with Crippen LogP contribution in [0.3, 0.4) is 0 Å². The molecule has 0 saturated carbocycles. The number of hydrogen-bond donors (Lipinski definition) is 0. The third-order valence-corrected chi connectivity index (χ3v) is 5.24. The van der Waals surface area contributed by atoms with Crippen molar-refractivity contribution in [3.63, 3.8) is 0 Å². The van der Waals surface area contributed by atoms with Crippen LogP contribution in [0.2, 0.25) is 0 Å². The SMILES string of the molecule is CCc1ccc(C(=O)C(C)N2CC=C(c3ccc(C)cc3)CC2)cc1. The summed E-state index contributed by atoms with van der Waals surface area (Å²) in [6.07, 6.45) is 4.27. The third kappa shape index (κ3) is 4.08. The van der Waals surface area contributed by atoms with Gasteiger partial charge in [0.25, 0.3) is 0 Å². The largest absolute Gasteiger partial charge is 0.292 e. The zero-order chi connectivity index (χ0) is 17.8. The van der Waals surface area contributed by atoms with Gasteiger partial charge in [-0.05, 0) is 43.4 Å². The van der Waals surface area contributed by atoms with Crippen molar-refractivity contribution in [2.24, 2.45) is 0 Å². The van der Waals surface area contributed by atoms with E-state index in [0.717, 1.165) is 31.5 Å². The van der Waals surface area contributed by atoms with Gasteiger partial charge < -0.3 is 0 Å². The number of ketones is 1. The molecule has 130 valence electrons. The van der Waals surface area contributed by atoms with E-state index in [2.05, 4.69) is 61.2 Å². The second kappa shape index (κ2) is 7.79. The van der Waals surface area contributed by atoms with Gasteiger partial charge in [-0.2, -0.15) is 0 Å². The summed E-state index contributed by atoms with van der Waals surface area (Å²) >= 11 is 0. The Morgan fingerprint density at radius 3 is 2.32 bits per heavy atom. The summed E-state index contributed by atoms with van der Waals surface area (Å²) in [7, 11) is 0. The van der Waals surface area contributed by atoms with E-state index in [1.165, 1.54) is 22.3 Å². The van der Waals surface area contributed by atoms with Gasteiger partial charge in [0.05, 0.1) is 6.04 Å². The molecular formula is C23H27NO. The molecule has 0 radical (unpaired) electrons. The van der Waals surface area contributed by atoms with Gasteiger partial charge in [0.15, 0.2) is 5.78 Å². The monoisotopic (exact) mass is 333 g/mol. The highest BCUT2D eigenvalue weighted by Gasteiger charge is 2.24. The van der Waals surface area contributed by atoms with Crippen LogP contribution in [0.4, 0.5) is 0 Å². The molecule has 0 bridgehead atoms. The van der Waals surface area contributed by atoms with E-state index in [1.807, 2.05) is 19.1 Å². The van der Waals surface area contributed by atoms with Crippen LogP contribution in [0.1, 0.15) is 47.3 Å². The fourth-order valence-corrected chi connectivity index (χ4v) is 3.38. The molecule has 2 nitrogen and oxygen atoms in total. The van der Waals surface area contributed by atoms with E-state index in [0.29, 0.717) is 0 Å².